The summed E-state index contributed by atoms with van der Waals surface area (Å²) in [5.74, 6) is 0.520. The summed E-state index contributed by atoms with van der Waals surface area (Å²) in [7, 11) is 0. The maximum atomic E-state index is 14.2. The fourth-order valence-corrected chi connectivity index (χ4v) is 6.21. The number of hydrogen-bond donors (Lipinski definition) is 0. The second-order valence-corrected chi connectivity index (χ2v) is 11.7. The topological polar surface area (TPSA) is 58.4 Å². The molecule has 0 bridgehead atoms. The predicted molar refractivity (Wildman–Crippen MR) is 165 cm³/mol. The molecule has 1 amide bonds. The summed E-state index contributed by atoms with van der Waals surface area (Å²) in [4.78, 5) is 37.7. The summed E-state index contributed by atoms with van der Waals surface area (Å²) in [5.41, 5.74) is 2.02. The number of likely N-dealkylation sites (N-methyl/N-ethyl adjacent to an activating group) is 1. The molecule has 1 saturated heterocycles. The minimum absolute atomic E-state index is 0.0611. The molecule has 1 aromatic heterocycles. The van der Waals surface area contributed by atoms with E-state index in [0.29, 0.717) is 46.8 Å². The van der Waals surface area contributed by atoms with Gasteiger partial charge >= 0.3 is 0 Å². The van der Waals surface area contributed by atoms with Crippen molar-refractivity contribution in [1.82, 2.24) is 19.4 Å². The maximum Gasteiger partial charge on any atom is 0.261 e. The number of amides is 1. The SMILES string of the molecule is CCC(c1nc2cc(Cl)ccc2c(=O)n1Cc1ccccc1)N(CC1CCCN1CC)C(=O)c1ccc(Br)cc1. The summed E-state index contributed by atoms with van der Waals surface area (Å²) in [5, 5.41) is 1.03. The molecule has 0 N–H and O–H groups in total. The molecule has 0 saturated carbocycles. The van der Waals surface area contributed by atoms with Crippen molar-refractivity contribution in [3.8, 4) is 0 Å². The average molecular weight is 622 g/mol. The zero-order valence-electron chi connectivity index (χ0n) is 22.9. The lowest BCUT2D eigenvalue weighted by molar-refractivity contribution is 0.0589. The van der Waals surface area contributed by atoms with E-state index < -0.39 is 6.04 Å². The number of fused-ring (bicyclic) bond motifs is 1. The van der Waals surface area contributed by atoms with Crippen LogP contribution in [0.15, 0.2) is 82.1 Å². The van der Waals surface area contributed by atoms with Gasteiger partial charge in [-0.15, -0.1) is 0 Å². The molecule has 8 heteroatoms. The Kier molecular flexibility index (Phi) is 9.03. The number of rotatable bonds is 9. The molecule has 2 unspecified atom stereocenters. The molecule has 0 radical (unpaired) electrons. The number of carbonyl (C=O) groups is 1. The lowest BCUT2D eigenvalue weighted by Crippen LogP contribution is -2.46. The number of benzene rings is 3. The largest absolute Gasteiger partial charge is 0.327 e. The van der Waals surface area contributed by atoms with Gasteiger partial charge in [-0.3, -0.25) is 19.1 Å². The van der Waals surface area contributed by atoms with Gasteiger partial charge in [0.25, 0.3) is 11.5 Å². The smallest absolute Gasteiger partial charge is 0.261 e. The van der Waals surface area contributed by atoms with Gasteiger partial charge in [-0.2, -0.15) is 0 Å². The first-order chi connectivity index (χ1) is 19.4. The molecule has 0 spiro atoms. The minimum atomic E-state index is -0.407. The summed E-state index contributed by atoms with van der Waals surface area (Å²) in [6, 6.07) is 22.4. The van der Waals surface area contributed by atoms with Gasteiger partial charge < -0.3 is 4.90 Å². The van der Waals surface area contributed by atoms with E-state index in [4.69, 9.17) is 16.6 Å². The van der Waals surface area contributed by atoms with Crippen LogP contribution in [0.2, 0.25) is 5.02 Å². The van der Waals surface area contributed by atoms with Crippen LogP contribution in [0.25, 0.3) is 10.9 Å². The Labute approximate surface area is 248 Å². The van der Waals surface area contributed by atoms with Crippen LogP contribution in [-0.2, 0) is 6.54 Å². The highest BCUT2D eigenvalue weighted by Gasteiger charge is 2.34. The molecular formula is C32H34BrClN4O2. The third-order valence-corrected chi connectivity index (χ3v) is 8.62. The lowest BCUT2D eigenvalue weighted by Gasteiger charge is -2.36. The van der Waals surface area contributed by atoms with Crippen molar-refractivity contribution in [1.29, 1.82) is 0 Å². The highest BCUT2D eigenvalue weighted by molar-refractivity contribution is 9.10. The summed E-state index contributed by atoms with van der Waals surface area (Å²) < 4.78 is 2.66. The molecular weight excluding hydrogens is 588 g/mol. The quantitative estimate of drug-likeness (QED) is 0.203. The molecule has 1 aliphatic rings. The summed E-state index contributed by atoms with van der Waals surface area (Å²) >= 11 is 9.82. The molecule has 40 heavy (non-hydrogen) atoms. The maximum absolute atomic E-state index is 14.2. The van der Waals surface area contributed by atoms with Gasteiger partial charge in [-0.05, 0) is 80.4 Å². The van der Waals surface area contributed by atoms with Gasteiger partial charge in [-0.1, -0.05) is 71.7 Å². The highest BCUT2D eigenvalue weighted by Crippen LogP contribution is 2.30. The van der Waals surface area contributed by atoms with Gasteiger partial charge in [0, 0.05) is 27.6 Å². The monoisotopic (exact) mass is 620 g/mol. The highest BCUT2D eigenvalue weighted by atomic mass is 79.9. The Morgan fingerprint density at radius 1 is 1.10 bits per heavy atom. The Balaban J connectivity index is 1.67. The first kappa shape index (κ1) is 28.5. The van der Waals surface area contributed by atoms with Crippen molar-refractivity contribution < 1.29 is 4.79 Å². The van der Waals surface area contributed by atoms with Crippen LogP contribution >= 0.6 is 27.5 Å². The molecule has 2 atom stereocenters. The third kappa shape index (κ3) is 6.02. The van der Waals surface area contributed by atoms with Crippen LogP contribution in [0, 0.1) is 0 Å². The Morgan fingerprint density at radius 2 is 1.85 bits per heavy atom. The van der Waals surface area contributed by atoms with Crippen molar-refractivity contribution in [2.45, 2.75) is 51.7 Å². The van der Waals surface area contributed by atoms with E-state index in [9.17, 15) is 9.59 Å². The average Bonchev–Trinajstić information content (AvgIpc) is 3.42. The van der Waals surface area contributed by atoms with Crippen molar-refractivity contribution in [2.75, 3.05) is 19.6 Å². The van der Waals surface area contributed by atoms with E-state index >= 15 is 0 Å². The zero-order chi connectivity index (χ0) is 28.2. The first-order valence-electron chi connectivity index (χ1n) is 13.9. The second-order valence-electron chi connectivity index (χ2n) is 10.3. The minimum Gasteiger partial charge on any atom is -0.327 e. The van der Waals surface area contributed by atoms with Crippen LogP contribution in [0.3, 0.4) is 0 Å². The van der Waals surface area contributed by atoms with Gasteiger partial charge in [0.2, 0.25) is 0 Å². The van der Waals surface area contributed by atoms with Gasteiger partial charge in [0.15, 0.2) is 0 Å². The van der Waals surface area contributed by atoms with Crippen LogP contribution in [0.1, 0.15) is 60.9 Å². The fourth-order valence-electron chi connectivity index (χ4n) is 5.78. The van der Waals surface area contributed by atoms with Crippen LogP contribution < -0.4 is 5.56 Å². The Bertz CT molecular complexity index is 1540. The molecule has 0 aliphatic carbocycles. The van der Waals surface area contributed by atoms with Crippen molar-refractivity contribution in [3.05, 3.63) is 110 Å². The lowest BCUT2D eigenvalue weighted by atomic mass is 10.1. The van der Waals surface area contributed by atoms with Crippen molar-refractivity contribution >= 4 is 44.3 Å². The van der Waals surface area contributed by atoms with Crippen molar-refractivity contribution in [3.63, 3.8) is 0 Å². The number of likely N-dealkylation sites (tertiary alicyclic amines) is 1. The molecule has 1 fully saturated rings. The first-order valence-corrected chi connectivity index (χ1v) is 15.1. The van der Waals surface area contributed by atoms with Crippen LogP contribution in [-0.4, -0.2) is 50.9 Å². The van der Waals surface area contributed by atoms with Gasteiger partial charge in [0.05, 0.1) is 23.5 Å². The summed E-state index contributed by atoms with van der Waals surface area (Å²) in [6.45, 7) is 7.12. The molecule has 6 nitrogen and oxygen atoms in total. The predicted octanol–water partition coefficient (Wildman–Crippen LogP) is 6.94. The van der Waals surface area contributed by atoms with Gasteiger partial charge in [0.1, 0.15) is 5.82 Å². The Morgan fingerprint density at radius 3 is 2.55 bits per heavy atom. The molecule has 2 heterocycles. The number of hydrogen-bond acceptors (Lipinski definition) is 4. The van der Waals surface area contributed by atoms with E-state index in [2.05, 4.69) is 34.7 Å². The number of halogens is 2. The number of aromatic nitrogens is 2. The van der Waals surface area contributed by atoms with E-state index in [1.54, 1.807) is 22.8 Å². The number of nitrogens with zero attached hydrogens (tertiary/aromatic N) is 4. The third-order valence-electron chi connectivity index (χ3n) is 7.86. The normalized spacial score (nSPS) is 16.4. The molecule has 5 rings (SSSR count). The van der Waals surface area contributed by atoms with E-state index in [0.717, 1.165) is 36.0 Å². The van der Waals surface area contributed by atoms with E-state index in [1.807, 2.05) is 59.5 Å². The number of carbonyl (C=O) groups excluding carboxylic acids is 1. The molecule has 3 aromatic carbocycles. The standard InChI is InChI=1S/C32H34BrClN4O2/c1-3-29(37(21-26-11-8-18-36(26)4-2)31(39)23-12-14-24(33)15-13-23)30-35-28-19-25(34)16-17-27(28)32(40)38(30)20-22-9-6-5-7-10-22/h5-7,9-10,12-17,19,26,29H,3-4,8,11,18,20-21H2,1-2H3. The van der Waals surface area contributed by atoms with E-state index in [-0.39, 0.29) is 17.5 Å². The van der Waals surface area contributed by atoms with Crippen molar-refractivity contribution in [2.24, 2.45) is 0 Å². The van der Waals surface area contributed by atoms with Crippen LogP contribution in [0.4, 0.5) is 0 Å². The van der Waals surface area contributed by atoms with Crippen LogP contribution in [0.5, 0.6) is 0 Å². The fraction of sp³-hybridized carbons (Fsp3) is 0.344. The van der Waals surface area contributed by atoms with E-state index in [1.165, 1.54) is 0 Å². The zero-order valence-corrected chi connectivity index (χ0v) is 25.2. The molecule has 1 aliphatic heterocycles. The Hall–Kier alpha value is -3.00. The van der Waals surface area contributed by atoms with Gasteiger partial charge in [-0.25, -0.2) is 4.98 Å². The molecule has 208 valence electrons. The molecule has 4 aromatic rings. The second kappa shape index (κ2) is 12.7. The summed E-state index contributed by atoms with van der Waals surface area (Å²) in [6.07, 6.45) is 2.75.